The normalized spacial score (nSPS) is 19.1. The van der Waals surface area contributed by atoms with Gasteiger partial charge in [0.05, 0.1) is 15.5 Å². The third kappa shape index (κ3) is 4.92. The Morgan fingerprint density at radius 2 is 1.36 bits per heavy atom. The summed E-state index contributed by atoms with van der Waals surface area (Å²) in [6.45, 7) is 7.71. The molecule has 1 aliphatic heterocycles. The van der Waals surface area contributed by atoms with Crippen molar-refractivity contribution in [2.75, 3.05) is 0 Å². The molecule has 7 nitrogen and oxygen atoms in total. The number of carbonyl (C=O) groups excluding carboxylic acids is 1. The van der Waals surface area contributed by atoms with Crippen molar-refractivity contribution in [3.63, 3.8) is 0 Å². The van der Waals surface area contributed by atoms with Gasteiger partial charge in [-0.15, -0.1) is 0 Å². The first-order valence-corrected chi connectivity index (χ1v) is 14.9. The summed E-state index contributed by atoms with van der Waals surface area (Å²) < 4.78 is 56.4. The fraction of sp³-hybridized carbons (Fsp3) is 0.370. The highest BCUT2D eigenvalue weighted by molar-refractivity contribution is 7.90. The summed E-state index contributed by atoms with van der Waals surface area (Å²) in [6, 6.07) is 15.3. The Balaban J connectivity index is 1.65. The Morgan fingerprint density at radius 1 is 0.833 bits per heavy atom. The van der Waals surface area contributed by atoms with Crippen molar-refractivity contribution in [2.45, 2.75) is 68.8 Å². The molecule has 2 heterocycles. The molecule has 0 radical (unpaired) electrons. The molecule has 3 aromatic rings. The number of hydrogen-bond donors (Lipinski definition) is 0. The Kier molecular flexibility index (Phi) is 7.28. The maximum atomic E-state index is 13.7. The van der Waals surface area contributed by atoms with Gasteiger partial charge in [-0.3, -0.25) is 4.79 Å². The van der Waals surface area contributed by atoms with Crippen LogP contribution in [0.5, 0.6) is 0 Å². The van der Waals surface area contributed by atoms with Crippen LogP contribution in [0.25, 0.3) is 0 Å². The average Bonchev–Trinajstić information content (AvgIpc) is 3.48. The van der Waals surface area contributed by atoms with E-state index in [9.17, 15) is 21.6 Å². The topological polar surface area (TPSA) is 93.5 Å². The first-order valence-electron chi connectivity index (χ1n) is 12.1. The predicted molar refractivity (Wildman–Crippen MR) is 139 cm³/mol. The van der Waals surface area contributed by atoms with Gasteiger partial charge in [0, 0.05) is 24.7 Å². The molecule has 2 atom stereocenters. The van der Waals surface area contributed by atoms with Gasteiger partial charge in [-0.05, 0) is 69.0 Å². The molecular formula is C27H32N2O5S2. The third-order valence-corrected chi connectivity index (χ3v) is 10.5. The lowest BCUT2D eigenvalue weighted by atomic mass is 10.0. The van der Waals surface area contributed by atoms with Crippen molar-refractivity contribution in [2.24, 2.45) is 5.92 Å². The second-order valence-electron chi connectivity index (χ2n) is 9.83. The number of Topliss-reactive ketones (excluding diaryl/α,β-unsaturated/α-hetero) is 1. The van der Waals surface area contributed by atoms with Gasteiger partial charge in [-0.1, -0.05) is 49.2 Å². The highest BCUT2D eigenvalue weighted by Crippen LogP contribution is 2.37. The number of hydrogen-bond acceptors (Lipinski definition) is 5. The van der Waals surface area contributed by atoms with Gasteiger partial charge in [0.15, 0.2) is 5.78 Å². The first kappa shape index (κ1) is 26.3. The molecule has 1 aromatic heterocycles. The number of benzene rings is 2. The van der Waals surface area contributed by atoms with Gasteiger partial charge in [-0.25, -0.2) is 20.8 Å². The van der Waals surface area contributed by atoms with E-state index in [4.69, 9.17) is 0 Å². The molecule has 0 N–H and O–H groups in total. The molecule has 0 spiro atoms. The maximum absolute atomic E-state index is 13.7. The van der Waals surface area contributed by atoms with E-state index in [1.807, 2.05) is 27.7 Å². The van der Waals surface area contributed by atoms with Crippen LogP contribution in [0, 0.1) is 19.8 Å². The number of rotatable bonds is 8. The minimum atomic E-state index is -3.97. The van der Waals surface area contributed by atoms with Crippen molar-refractivity contribution in [3.8, 4) is 0 Å². The summed E-state index contributed by atoms with van der Waals surface area (Å²) in [6.07, 6.45) is 2.44. The largest absolute Gasteiger partial charge is 0.292 e. The van der Waals surface area contributed by atoms with E-state index in [0.717, 1.165) is 15.1 Å². The van der Waals surface area contributed by atoms with E-state index < -0.39 is 31.9 Å². The molecule has 2 aromatic carbocycles. The van der Waals surface area contributed by atoms with E-state index in [0.29, 0.717) is 12.8 Å². The summed E-state index contributed by atoms with van der Waals surface area (Å²) in [4.78, 5) is 13.7. The molecule has 1 saturated heterocycles. The van der Waals surface area contributed by atoms with Crippen molar-refractivity contribution >= 4 is 25.8 Å². The minimum Gasteiger partial charge on any atom is -0.292 e. The van der Waals surface area contributed by atoms with Crippen LogP contribution in [0.3, 0.4) is 0 Å². The van der Waals surface area contributed by atoms with Gasteiger partial charge in [0.25, 0.3) is 10.0 Å². The number of aromatic nitrogens is 1. The van der Waals surface area contributed by atoms with Crippen molar-refractivity contribution < 1.29 is 21.6 Å². The van der Waals surface area contributed by atoms with Crippen LogP contribution in [0.1, 0.15) is 54.7 Å². The predicted octanol–water partition coefficient (Wildman–Crippen LogP) is 4.79. The van der Waals surface area contributed by atoms with E-state index in [-0.39, 0.29) is 33.9 Å². The van der Waals surface area contributed by atoms with Gasteiger partial charge in [-0.2, -0.15) is 4.31 Å². The van der Waals surface area contributed by atoms with Crippen LogP contribution < -0.4 is 0 Å². The van der Waals surface area contributed by atoms with Gasteiger partial charge in [0.1, 0.15) is 0 Å². The summed E-state index contributed by atoms with van der Waals surface area (Å²) >= 11 is 0. The smallest absolute Gasteiger partial charge is 0.268 e. The molecule has 0 amide bonds. The summed E-state index contributed by atoms with van der Waals surface area (Å²) in [5.74, 6) is -0.342. The number of aryl methyl sites for hydroxylation is 2. The van der Waals surface area contributed by atoms with Gasteiger partial charge < -0.3 is 0 Å². The van der Waals surface area contributed by atoms with E-state index in [1.54, 1.807) is 36.4 Å². The molecule has 0 unspecified atom stereocenters. The van der Waals surface area contributed by atoms with Crippen LogP contribution in [-0.4, -0.2) is 43.0 Å². The minimum absolute atomic E-state index is 0.0243. The van der Waals surface area contributed by atoms with Crippen molar-refractivity contribution in [1.82, 2.24) is 8.28 Å². The Bertz CT molecular complexity index is 1460. The fourth-order valence-corrected chi connectivity index (χ4v) is 8.21. The van der Waals surface area contributed by atoms with E-state index in [1.165, 1.54) is 34.8 Å². The molecule has 4 rings (SSSR count). The van der Waals surface area contributed by atoms with Gasteiger partial charge >= 0.3 is 0 Å². The lowest BCUT2D eigenvalue weighted by Crippen LogP contribution is -2.44. The summed E-state index contributed by atoms with van der Waals surface area (Å²) in [7, 11) is -7.81. The average molecular weight is 529 g/mol. The standard InChI is InChI=1S/C27H32N2O5S2/c1-19(2)25-16-11-22(29(25)36(33,34)24-14-9-21(4)10-15-24)18-27(30)26-6-5-17-28(26)35(31,32)23-12-7-20(3)8-13-23/h5-10,12-15,17,19,22,25H,11,16,18H2,1-4H3/t22-,25+/m0/s1. The highest BCUT2D eigenvalue weighted by Gasteiger charge is 2.44. The lowest BCUT2D eigenvalue weighted by Gasteiger charge is -2.31. The molecule has 0 aliphatic carbocycles. The van der Waals surface area contributed by atoms with Crippen molar-refractivity contribution in [1.29, 1.82) is 0 Å². The monoisotopic (exact) mass is 528 g/mol. The summed E-state index contributed by atoms with van der Waals surface area (Å²) in [5, 5.41) is 0. The molecular weight excluding hydrogens is 496 g/mol. The quantitative estimate of drug-likeness (QED) is 0.392. The van der Waals surface area contributed by atoms with E-state index in [2.05, 4.69) is 0 Å². The van der Waals surface area contributed by atoms with Crippen LogP contribution in [0.2, 0.25) is 0 Å². The highest BCUT2D eigenvalue weighted by atomic mass is 32.2. The van der Waals surface area contributed by atoms with Gasteiger partial charge in [0.2, 0.25) is 10.0 Å². The zero-order valence-corrected chi connectivity index (χ0v) is 22.6. The number of carbonyl (C=O) groups is 1. The third-order valence-electron chi connectivity index (χ3n) is 6.85. The Hall–Kier alpha value is -2.75. The first-order chi connectivity index (χ1) is 16.9. The van der Waals surface area contributed by atoms with Crippen LogP contribution >= 0.6 is 0 Å². The second kappa shape index (κ2) is 9.95. The van der Waals surface area contributed by atoms with Crippen LogP contribution in [0.15, 0.2) is 76.7 Å². The van der Waals surface area contributed by atoms with E-state index >= 15 is 0 Å². The Morgan fingerprint density at radius 3 is 1.89 bits per heavy atom. The lowest BCUT2D eigenvalue weighted by molar-refractivity contribution is 0.0949. The molecule has 192 valence electrons. The second-order valence-corrected chi connectivity index (χ2v) is 13.5. The van der Waals surface area contributed by atoms with Crippen LogP contribution in [0.4, 0.5) is 0 Å². The Labute approximate surface area is 213 Å². The summed E-state index contributed by atoms with van der Waals surface area (Å²) in [5.41, 5.74) is 1.91. The number of sulfonamides is 1. The SMILES string of the molecule is Cc1ccc(S(=O)(=O)N2[C@H](CC(=O)c3cccn3S(=O)(=O)c3ccc(C)cc3)CC[C@@H]2C(C)C)cc1. The number of ketones is 1. The molecule has 1 fully saturated rings. The number of nitrogens with zero attached hydrogens (tertiary/aromatic N) is 2. The zero-order chi connectivity index (χ0) is 26.3. The zero-order valence-electron chi connectivity index (χ0n) is 21.0. The van der Waals surface area contributed by atoms with Crippen LogP contribution in [-0.2, 0) is 20.0 Å². The maximum Gasteiger partial charge on any atom is 0.268 e. The molecule has 0 bridgehead atoms. The van der Waals surface area contributed by atoms with Crippen molar-refractivity contribution in [3.05, 3.63) is 83.7 Å². The molecule has 0 saturated carbocycles. The fourth-order valence-electron chi connectivity index (χ4n) is 4.85. The molecule has 1 aliphatic rings. The molecule has 9 heteroatoms. The molecule has 36 heavy (non-hydrogen) atoms.